The van der Waals surface area contributed by atoms with Crippen molar-refractivity contribution >= 4 is 29.3 Å². The van der Waals surface area contributed by atoms with Crippen LogP contribution < -0.4 is 15.4 Å². The van der Waals surface area contributed by atoms with E-state index in [9.17, 15) is 9.59 Å². The van der Waals surface area contributed by atoms with E-state index >= 15 is 0 Å². The van der Waals surface area contributed by atoms with Crippen LogP contribution in [0.1, 0.15) is 12.8 Å². The van der Waals surface area contributed by atoms with Crippen molar-refractivity contribution in [3.63, 3.8) is 0 Å². The smallest absolute Gasteiger partial charge is 0.319 e. The third-order valence-corrected chi connectivity index (χ3v) is 3.60. The Morgan fingerprint density at radius 2 is 2.15 bits per heavy atom. The molecule has 108 valence electrons. The van der Waals surface area contributed by atoms with Gasteiger partial charge in [0.2, 0.25) is 0 Å². The van der Waals surface area contributed by atoms with E-state index in [0.717, 1.165) is 0 Å². The molecule has 2 rings (SSSR count). The third-order valence-electron chi connectivity index (χ3n) is 3.30. The summed E-state index contributed by atoms with van der Waals surface area (Å²) in [6.45, 7) is 0.123. The van der Waals surface area contributed by atoms with Gasteiger partial charge in [-0.3, -0.25) is 4.79 Å². The number of carbonyl (C=O) groups excluding carboxylic acids is 1. The third kappa shape index (κ3) is 3.14. The second-order valence-electron chi connectivity index (χ2n) is 4.74. The van der Waals surface area contributed by atoms with Gasteiger partial charge in [0, 0.05) is 12.2 Å². The maximum atomic E-state index is 11.7. The van der Waals surface area contributed by atoms with Crippen molar-refractivity contribution in [2.24, 2.45) is 5.41 Å². The fraction of sp³-hybridized carbons (Fsp3) is 0.385. The molecule has 6 nitrogen and oxygen atoms in total. The molecule has 0 bridgehead atoms. The molecule has 1 aliphatic carbocycles. The molecule has 0 unspecified atom stereocenters. The normalized spacial score (nSPS) is 15.3. The molecule has 1 aromatic carbocycles. The van der Waals surface area contributed by atoms with E-state index in [-0.39, 0.29) is 6.54 Å². The van der Waals surface area contributed by atoms with Gasteiger partial charge >= 0.3 is 12.0 Å². The number of halogens is 1. The first kappa shape index (κ1) is 14.5. The fourth-order valence-corrected chi connectivity index (χ4v) is 2.04. The molecule has 3 N–H and O–H groups in total. The number of hydrogen-bond donors (Lipinski definition) is 3. The van der Waals surface area contributed by atoms with Crippen LogP contribution in [0.2, 0.25) is 5.02 Å². The van der Waals surface area contributed by atoms with Crippen molar-refractivity contribution < 1.29 is 19.4 Å². The maximum Gasteiger partial charge on any atom is 0.319 e. The van der Waals surface area contributed by atoms with Crippen LogP contribution in [0.5, 0.6) is 5.75 Å². The number of methoxy groups -OCH3 is 1. The number of nitrogens with one attached hydrogen (secondary N) is 2. The average Bonchev–Trinajstić information content (AvgIpc) is 3.18. The van der Waals surface area contributed by atoms with Gasteiger partial charge in [0.15, 0.2) is 0 Å². The largest absolute Gasteiger partial charge is 0.495 e. The lowest BCUT2D eigenvalue weighted by Gasteiger charge is -2.12. The summed E-state index contributed by atoms with van der Waals surface area (Å²) in [6.07, 6.45) is 1.19. The van der Waals surface area contributed by atoms with E-state index < -0.39 is 17.4 Å². The Labute approximate surface area is 121 Å². The zero-order valence-electron chi connectivity index (χ0n) is 10.9. The van der Waals surface area contributed by atoms with Gasteiger partial charge in [0.1, 0.15) is 5.75 Å². The molecule has 0 radical (unpaired) electrons. The molecule has 0 spiro atoms. The number of rotatable bonds is 5. The van der Waals surface area contributed by atoms with Crippen LogP contribution in [0.3, 0.4) is 0 Å². The lowest BCUT2D eigenvalue weighted by molar-refractivity contribution is -0.143. The van der Waals surface area contributed by atoms with E-state index in [1.807, 2.05) is 0 Å². The van der Waals surface area contributed by atoms with Crippen LogP contribution in [-0.2, 0) is 4.79 Å². The summed E-state index contributed by atoms with van der Waals surface area (Å²) >= 11 is 5.94. The molecule has 0 heterocycles. The van der Waals surface area contributed by atoms with Gasteiger partial charge in [-0.15, -0.1) is 0 Å². The highest BCUT2D eigenvalue weighted by molar-refractivity contribution is 6.32. The number of ether oxygens (including phenoxy) is 1. The van der Waals surface area contributed by atoms with Gasteiger partial charge in [0.05, 0.1) is 17.5 Å². The number of benzene rings is 1. The minimum absolute atomic E-state index is 0.123. The van der Waals surface area contributed by atoms with E-state index in [1.165, 1.54) is 7.11 Å². The number of carboxylic acids is 1. The Morgan fingerprint density at radius 1 is 1.45 bits per heavy atom. The van der Waals surface area contributed by atoms with Gasteiger partial charge in [-0.05, 0) is 31.0 Å². The number of amides is 2. The molecular weight excluding hydrogens is 284 g/mol. The van der Waals surface area contributed by atoms with Crippen molar-refractivity contribution in [2.75, 3.05) is 19.0 Å². The molecule has 1 aliphatic rings. The predicted octanol–water partition coefficient (Wildman–Crippen LogP) is 2.33. The summed E-state index contributed by atoms with van der Waals surface area (Å²) in [5.41, 5.74) is -0.275. The number of carbonyl (C=O) groups is 2. The van der Waals surface area contributed by atoms with Gasteiger partial charge < -0.3 is 20.5 Å². The molecule has 2 amide bonds. The fourth-order valence-electron chi connectivity index (χ4n) is 1.79. The van der Waals surface area contributed by atoms with Crippen LogP contribution in [0, 0.1) is 5.41 Å². The Hall–Kier alpha value is -1.95. The van der Waals surface area contributed by atoms with Crippen LogP contribution in [0.4, 0.5) is 10.5 Å². The summed E-state index contributed by atoms with van der Waals surface area (Å²) < 4.78 is 5.01. The Kier molecular flexibility index (Phi) is 4.04. The zero-order valence-corrected chi connectivity index (χ0v) is 11.7. The summed E-state index contributed by atoms with van der Waals surface area (Å²) in [7, 11) is 1.50. The lowest BCUT2D eigenvalue weighted by atomic mass is 10.1. The van der Waals surface area contributed by atoms with Gasteiger partial charge in [-0.1, -0.05) is 11.6 Å². The summed E-state index contributed by atoms with van der Waals surface area (Å²) in [6, 6.07) is 4.38. The Bertz CT molecular complexity index is 543. The van der Waals surface area contributed by atoms with Crippen molar-refractivity contribution in [3.05, 3.63) is 23.2 Å². The van der Waals surface area contributed by atoms with E-state index in [4.69, 9.17) is 21.4 Å². The number of urea groups is 1. The SMILES string of the molecule is COc1ccc(NC(=O)NCC2(C(=O)O)CC2)cc1Cl. The summed E-state index contributed by atoms with van der Waals surface area (Å²) in [5.74, 6) is -0.356. The average molecular weight is 299 g/mol. The monoisotopic (exact) mass is 298 g/mol. The molecule has 0 aromatic heterocycles. The molecule has 0 saturated heterocycles. The van der Waals surface area contributed by atoms with Gasteiger partial charge in [0.25, 0.3) is 0 Å². The second kappa shape index (κ2) is 5.58. The lowest BCUT2D eigenvalue weighted by Crippen LogP contribution is -2.36. The van der Waals surface area contributed by atoms with Crippen molar-refractivity contribution in [1.29, 1.82) is 0 Å². The number of carboxylic acid groups (broad SMARTS) is 1. The minimum atomic E-state index is -0.870. The molecule has 20 heavy (non-hydrogen) atoms. The topological polar surface area (TPSA) is 87.7 Å². The van der Waals surface area contributed by atoms with Crippen molar-refractivity contribution in [1.82, 2.24) is 5.32 Å². The molecule has 1 aromatic rings. The predicted molar refractivity (Wildman–Crippen MR) is 74.3 cm³/mol. The first-order chi connectivity index (χ1) is 9.47. The highest BCUT2D eigenvalue weighted by atomic mass is 35.5. The van der Waals surface area contributed by atoms with E-state index in [1.54, 1.807) is 18.2 Å². The van der Waals surface area contributed by atoms with Crippen LogP contribution >= 0.6 is 11.6 Å². The molecule has 0 aliphatic heterocycles. The first-order valence-electron chi connectivity index (χ1n) is 6.09. The summed E-state index contributed by atoms with van der Waals surface area (Å²) in [4.78, 5) is 22.7. The van der Waals surface area contributed by atoms with Crippen molar-refractivity contribution in [3.8, 4) is 5.75 Å². The van der Waals surface area contributed by atoms with E-state index in [0.29, 0.717) is 29.3 Å². The first-order valence-corrected chi connectivity index (χ1v) is 6.46. The van der Waals surface area contributed by atoms with Crippen LogP contribution in [-0.4, -0.2) is 30.8 Å². The molecular formula is C13H15ClN2O4. The van der Waals surface area contributed by atoms with E-state index in [2.05, 4.69) is 10.6 Å². The number of aliphatic carboxylic acids is 1. The summed E-state index contributed by atoms with van der Waals surface area (Å²) in [5, 5.41) is 14.5. The highest BCUT2D eigenvalue weighted by Crippen LogP contribution is 2.45. The number of anilines is 1. The van der Waals surface area contributed by atoms with Crippen molar-refractivity contribution in [2.45, 2.75) is 12.8 Å². The van der Waals surface area contributed by atoms with Gasteiger partial charge in [-0.2, -0.15) is 0 Å². The zero-order chi connectivity index (χ0) is 14.8. The molecule has 7 heteroatoms. The molecule has 0 atom stereocenters. The van der Waals surface area contributed by atoms with Crippen LogP contribution in [0.25, 0.3) is 0 Å². The molecule has 1 fully saturated rings. The van der Waals surface area contributed by atoms with Gasteiger partial charge in [-0.25, -0.2) is 4.79 Å². The highest BCUT2D eigenvalue weighted by Gasteiger charge is 2.50. The Balaban J connectivity index is 1.89. The quantitative estimate of drug-likeness (QED) is 0.778. The standard InChI is InChI=1S/C13H15ClN2O4/c1-20-10-3-2-8(6-9(10)14)16-12(19)15-7-13(4-5-13)11(17)18/h2-3,6H,4-5,7H2,1H3,(H,17,18)(H2,15,16,19). The van der Waals surface area contributed by atoms with Crippen LogP contribution in [0.15, 0.2) is 18.2 Å². The maximum absolute atomic E-state index is 11.7. The number of hydrogen-bond acceptors (Lipinski definition) is 3. The Morgan fingerprint density at radius 3 is 2.65 bits per heavy atom. The molecule has 1 saturated carbocycles. The second-order valence-corrected chi connectivity index (χ2v) is 5.15. The minimum Gasteiger partial charge on any atom is -0.495 e.